The van der Waals surface area contributed by atoms with Gasteiger partial charge in [-0.25, -0.2) is 0 Å². The van der Waals surface area contributed by atoms with E-state index in [1.165, 1.54) is 12.0 Å². The summed E-state index contributed by atoms with van der Waals surface area (Å²) in [6.07, 6.45) is 4.69. The quantitative estimate of drug-likeness (QED) is 0.338. The van der Waals surface area contributed by atoms with Crippen molar-refractivity contribution < 1.29 is 9.47 Å². The molecule has 0 amide bonds. The number of rotatable bonds is 5. The van der Waals surface area contributed by atoms with Gasteiger partial charge in [0.2, 0.25) is 0 Å². The lowest BCUT2D eigenvalue weighted by molar-refractivity contribution is -0.0835. The molecule has 2 aliphatic heterocycles. The van der Waals surface area contributed by atoms with Crippen molar-refractivity contribution in [1.29, 1.82) is 0 Å². The molecule has 0 aromatic heterocycles. The van der Waals surface area contributed by atoms with Gasteiger partial charge in [0.25, 0.3) is 0 Å². The van der Waals surface area contributed by atoms with Crippen molar-refractivity contribution in [2.75, 3.05) is 40.0 Å². The largest absolute Gasteiger partial charge is 0.381 e. The molecule has 6 heteroatoms. The Hall–Kier alpha value is -0.860. The number of aliphatic imine (C=N–C) groups is 1. The van der Waals surface area contributed by atoms with Crippen molar-refractivity contribution in [2.24, 2.45) is 16.3 Å². The van der Waals surface area contributed by atoms with E-state index in [4.69, 9.17) is 9.47 Å². The monoisotopic (exact) mass is 529 g/mol. The highest BCUT2D eigenvalue weighted by Crippen LogP contribution is 2.35. The molecule has 2 fully saturated rings. The molecule has 2 aliphatic rings. The normalized spacial score (nSPS) is 24.6. The van der Waals surface area contributed by atoms with Crippen LogP contribution >= 0.6 is 24.0 Å². The van der Waals surface area contributed by atoms with E-state index >= 15 is 0 Å². The lowest BCUT2D eigenvalue weighted by Gasteiger charge is -2.41. The Bertz CT molecular complexity index is 654. The number of benzene rings is 1. The Balaban J connectivity index is 0.00000320. The van der Waals surface area contributed by atoms with Crippen molar-refractivity contribution in [3.63, 3.8) is 0 Å². The van der Waals surface area contributed by atoms with E-state index in [-0.39, 0.29) is 40.9 Å². The van der Waals surface area contributed by atoms with Crippen LogP contribution in [0.15, 0.2) is 35.3 Å². The molecule has 0 bridgehead atoms. The summed E-state index contributed by atoms with van der Waals surface area (Å²) in [7, 11) is 1.85. The Labute approximate surface area is 199 Å². The van der Waals surface area contributed by atoms with Gasteiger partial charge < -0.3 is 20.1 Å². The second kappa shape index (κ2) is 11.7. The maximum absolute atomic E-state index is 6.14. The molecule has 2 N–H and O–H groups in total. The molecule has 170 valence electrons. The van der Waals surface area contributed by atoms with Crippen LogP contribution in [-0.2, 0) is 14.9 Å². The minimum Gasteiger partial charge on any atom is -0.381 e. The van der Waals surface area contributed by atoms with Crippen LogP contribution in [0.5, 0.6) is 0 Å². The first-order valence-corrected chi connectivity index (χ1v) is 11.1. The number of halogens is 1. The van der Waals surface area contributed by atoms with E-state index in [1.807, 2.05) is 7.05 Å². The molecule has 2 saturated heterocycles. The molecule has 5 nitrogen and oxygen atoms in total. The second-order valence-corrected chi connectivity index (χ2v) is 9.63. The van der Waals surface area contributed by atoms with Crippen molar-refractivity contribution >= 4 is 29.9 Å². The number of nitrogens with zero attached hydrogens (tertiary/aromatic N) is 1. The van der Waals surface area contributed by atoms with E-state index in [9.17, 15) is 0 Å². The maximum atomic E-state index is 6.14. The fourth-order valence-electron chi connectivity index (χ4n) is 4.83. The Morgan fingerprint density at radius 2 is 1.80 bits per heavy atom. The molecule has 0 aliphatic carbocycles. The SMILES string of the molecule is CN=C(NCC1CCCOC1C(C)(C)C)NCC1(c2ccccc2)CCOCC1.I. The molecular formula is C24H40IN3O2. The Morgan fingerprint density at radius 3 is 2.43 bits per heavy atom. The van der Waals surface area contributed by atoms with Crippen LogP contribution in [0.1, 0.15) is 52.0 Å². The van der Waals surface area contributed by atoms with Crippen molar-refractivity contribution in [1.82, 2.24) is 10.6 Å². The average molecular weight is 530 g/mol. The molecule has 3 rings (SSSR count). The minimum atomic E-state index is 0. The van der Waals surface area contributed by atoms with E-state index in [1.54, 1.807) is 0 Å². The molecule has 30 heavy (non-hydrogen) atoms. The predicted molar refractivity (Wildman–Crippen MR) is 135 cm³/mol. The summed E-state index contributed by atoms with van der Waals surface area (Å²) in [6.45, 7) is 11.1. The molecule has 0 radical (unpaired) electrons. The Morgan fingerprint density at radius 1 is 1.10 bits per heavy atom. The minimum absolute atomic E-state index is 0. The lowest BCUT2D eigenvalue weighted by Crippen LogP contribution is -2.50. The van der Waals surface area contributed by atoms with E-state index in [0.29, 0.717) is 5.92 Å². The molecule has 2 unspecified atom stereocenters. The van der Waals surface area contributed by atoms with Gasteiger partial charge in [-0.1, -0.05) is 51.1 Å². The Kier molecular flexibility index (Phi) is 9.88. The summed E-state index contributed by atoms with van der Waals surface area (Å²) in [6, 6.07) is 10.8. The van der Waals surface area contributed by atoms with Crippen LogP contribution in [0.25, 0.3) is 0 Å². The van der Waals surface area contributed by atoms with Crippen molar-refractivity contribution in [2.45, 2.75) is 58.0 Å². The predicted octanol–water partition coefficient (Wildman–Crippen LogP) is 4.36. The summed E-state index contributed by atoms with van der Waals surface area (Å²) < 4.78 is 11.8. The van der Waals surface area contributed by atoms with Gasteiger partial charge in [0, 0.05) is 51.3 Å². The van der Waals surface area contributed by atoms with Gasteiger partial charge in [-0.3, -0.25) is 4.99 Å². The molecular weight excluding hydrogens is 489 g/mol. The zero-order chi connectivity index (χ0) is 20.7. The van der Waals surface area contributed by atoms with Crippen molar-refractivity contribution in [3.8, 4) is 0 Å². The summed E-state index contributed by atoms with van der Waals surface area (Å²) in [5, 5.41) is 7.19. The number of hydrogen-bond acceptors (Lipinski definition) is 3. The second-order valence-electron chi connectivity index (χ2n) is 9.63. The van der Waals surface area contributed by atoms with Crippen LogP contribution < -0.4 is 10.6 Å². The summed E-state index contributed by atoms with van der Waals surface area (Å²) in [5.74, 6) is 1.39. The van der Waals surface area contributed by atoms with Gasteiger partial charge >= 0.3 is 0 Å². The van der Waals surface area contributed by atoms with Crippen molar-refractivity contribution in [3.05, 3.63) is 35.9 Å². The van der Waals surface area contributed by atoms with Gasteiger partial charge in [-0.05, 0) is 36.7 Å². The zero-order valence-corrected chi connectivity index (χ0v) is 21.4. The highest BCUT2D eigenvalue weighted by molar-refractivity contribution is 14.0. The molecule has 2 heterocycles. The van der Waals surface area contributed by atoms with Gasteiger partial charge in [0.1, 0.15) is 0 Å². The molecule has 1 aromatic carbocycles. The summed E-state index contributed by atoms with van der Waals surface area (Å²) >= 11 is 0. The van der Waals surface area contributed by atoms with Gasteiger partial charge in [-0.2, -0.15) is 0 Å². The van der Waals surface area contributed by atoms with E-state index in [0.717, 1.165) is 58.1 Å². The lowest BCUT2D eigenvalue weighted by atomic mass is 9.74. The number of nitrogens with one attached hydrogen (secondary N) is 2. The fourth-order valence-corrected chi connectivity index (χ4v) is 4.83. The number of hydrogen-bond donors (Lipinski definition) is 2. The van der Waals surface area contributed by atoms with Crippen LogP contribution in [0.4, 0.5) is 0 Å². The number of guanidine groups is 1. The first-order valence-electron chi connectivity index (χ1n) is 11.1. The third-order valence-electron chi connectivity index (χ3n) is 6.48. The first-order chi connectivity index (χ1) is 13.9. The molecule has 0 saturated carbocycles. The highest BCUT2D eigenvalue weighted by Gasteiger charge is 2.36. The standard InChI is InChI=1S/C24H39N3O2.HI/c1-23(2,3)21-19(9-8-14-29-21)17-26-22(25-4)27-18-24(12-15-28-16-13-24)20-10-6-5-7-11-20;/h5-7,10-11,19,21H,8-9,12-18H2,1-4H3,(H2,25,26,27);1H. The zero-order valence-electron chi connectivity index (χ0n) is 19.1. The van der Waals surface area contributed by atoms with Crippen LogP contribution in [0.3, 0.4) is 0 Å². The summed E-state index contributed by atoms with van der Waals surface area (Å²) in [4.78, 5) is 4.49. The first kappa shape index (κ1) is 25.4. The van der Waals surface area contributed by atoms with Crippen LogP contribution in [0.2, 0.25) is 0 Å². The third kappa shape index (κ3) is 6.57. The maximum Gasteiger partial charge on any atom is 0.191 e. The smallest absolute Gasteiger partial charge is 0.191 e. The topological polar surface area (TPSA) is 54.9 Å². The molecule has 1 aromatic rings. The van der Waals surface area contributed by atoms with Gasteiger partial charge in [-0.15, -0.1) is 24.0 Å². The highest BCUT2D eigenvalue weighted by atomic mass is 127. The average Bonchev–Trinajstić information content (AvgIpc) is 2.75. The number of ether oxygens (including phenoxy) is 2. The van der Waals surface area contributed by atoms with E-state index in [2.05, 4.69) is 66.7 Å². The molecule has 0 spiro atoms. The summed E-state index contributed by atoms with van der Waals surface area (Å²) in [5.41, 5.74) is 1.64. The van der Waals surface area contributed by atoms with Crippen LogP contribution in [-0.4, -0.2) is 52.0 Å². The van der Waals surface area contributed by atoms with E-state index < -0.39 is 0 Å². The third-order valence-corrected chi connectivity index (χ3v) is 6.48. The van der Waals surface area contributed by atoms with Gasteiger partial charge in [0.05, 0.1) is 6.10 Å². The molecule has 2 atom stereocenters. The van der Waals surface area contributed by atoms with Gasteiger partial charge in [0.15, 0.2) is 5.96 Å². The fraction of sp³-hybridized carbons (Fsp3) is 0.708. The van der Waals surface area contributed by atoms with Crippen LogP contribution in [0, 0.1) is 11.3 Å².